The number of hydrogen-bond acceptors (Lipinski definition) is 4. The van der Waals surface area contributed by atoms with Crippen LogP contribution in [-0.2, 0) is 36.2 Å². The van der Waals surface area contributed by atoms with Crippen LogP contribution in [0.15, 0.2) is 17.7 Å². The van der Waals surface area contributed by atoms with Crippen LogP contribution in [0.2, 0.25) is 0 Å². The molecule has 0 unspecified atom stereocenters. The zero-order valence-electron chi connectivity index (χ0n) is 6.53. The van der Waals surface area contributed by atoms with Crippen molar-refractivity contribution in [2.24, 2.45) is 0 Å². The standard InChI is InChI=1S/C6H4FO4Si.Zn/c1-3-4-5(2)6(8)10-12(9)11-7;/h1-4H;/q-1;/b5-4+;. The van der Waals surface area contributed by atoms with E-state index in [1.54, 1.807) is 0 Å². The van der Waals surface area contributed by atoms with Crippen molar-refractivity contribution in [3.05, 3.63) is 24.3 Å². The molecule has 0 fully saturated rings. The van der Waals surface area contributed by atoms with Crippen molar-refractivity contribution in [3.8, 4) is 0 Å². The summed E-state index contributed by atoms with van der Waals surface area (Å²) >= 11 is 0.687. The molecule has 0 amide bonds. The van der Waals surface area contributed by atoms with Crippen LogP contribution in [0.25, 0.3) is 0 Å². The molecule has 0 aromatic carbocycles. The van der Waals surface area contributed by atoms with Gasteiger partial charge in [0, 0.05) is 0 Å². The van der Waals surface area contributed by atoms with Gasteiger partial charge in [0.15, 0.2) is 0 Å². The van der Waals surface area contributed by atoms with Crippen LogP contribution in [0.4, 0.5) is 4.53 Å². The van der Waals surface area contributed by atoms with Crippen molar-refractivity contribution in [1.29, 1.82) is 0 Å². The minimum absolute atomic E-state index is 0.123. The molecule has 0 aromatic heterocycles. The van der Waals surface area contributed by atoms with E-state index < -0.39 is 15.1 Å². The fourth-order valence-electron chi connectivity index (χ4n) is 0.473. The first-order chi connectivity index (χ1) is 6.15. The second-order valence-corrected chi connectivity index (χ2v) is 3.45. The molecule has 0 aliphatic carbocycles. The van der Waals surface area contributed by atoms with E-state index >= 15 is 0 Å². The summed E-state index contributed by atoms with van der Waals surface area (Å²) in [5.74, 6) is -0.922. The van der Waals surface area contributed by atoms with Gasteiger partial charge in [0.25, 0.3) is 0 Å². The Morgan fingerprint density at radius 2 is 2.23 bits per heavy atom. The monoisotopic (exact) mass is 251 g/mol. The first kappa shape index (κ1) is 12.2. The predicted octanol–water partition coefficient (Wildman–Crippen LogP) is 0.111. The molecule has 0 rings (SSSR count). The van der Waals surface area contributed by atoms with Crippen molar-refractivity contribution in [2.45, 2.75) is 0 Å². The molecule has 0 aromatic rings. The molecule has 0 aliphatic rings. The van der Waals surface area contributed by atoms with Crippen molar-refractivity contribution in [3.63, 3.8) is 0 Å². The van der Waals surface area contributed by atoms with Crippen molar-refractivity contribution in [1.82, 2.24) is 0 Å². The van der Waals surface area contributed by atoms with Crippen molar-refractivity contribution in [2.75, 3.05) is 0 Å². The third-order valence-electron chi connectivity index (χ3n) is 0.970. The number of allylic oxidation sites excluding steroid dienone is 2. The van der Waals surface area contributed by atoms with Crippen LogP contribution in [0.5, 0.6) is 0 Å². The summed E-state index contributed by atoms with van der Waals surface area (Å²) < 4.78 is 29.9. The van der Waals surface area contributed by atoms with Gasteiger partial charge < -0.3 is 0 Å². The van der Waals surface area contributed by atoms with E-state index in [-0.39, 0.29) is 5.57 Å². The second kappa shape index (κ2) is 6.68. The molecular formula is C6H4FO4SiZn-. The van der Waals surface area contributed by atoms with E-state index in [1.807, 2.05) is 0 Å². The van der Waals surface area contributed by atoms with E-state index in [2.05, 4.69) is 9.06 Å². The quantitative estimate of drug-likeness (QED) is 0.302. The maximum atomic E-state index is 11.2. The molecule has 0 radical (unpaired) electrons. The molecule has 0 aliphatic heterocycles. The third kappa shape index (κ3) is 4.69. The molecule has 0 spiro atoms. The number of hydrogen-bond donors (Lipinski definition) is 0. The minimum atomic E-state index is -3.37. The average molecular weight is 253 g/mol. The first-order valence-corrected chi connectivity index (χ1v) is 6.02. The molecule has 0 heterocycles. The summed E-state index contributed by atoms with van der Waals surface area (Å²) in [6.45, 7) is 5.02. The zero-order valence-corrected chi connectivity index (χ0v) is 10.5. The van der Waals surface area contributed by atoms with Crippen LogP contribution in [0.1, 0.15) is 0 Å². The molecular weight excluding hydrogens is 249 g/mol. The van der Waals surface area contributed by atoms with E-state index in [0.29, 0.717) is 17.9 Å². The topological polar surface area (TPSA) is 52.6 Å². The van der Waals surface area contributed by atoms with Gasteiger partial charge in [-0.1, -0.05) is 0 Å². The summed E-state index contributed by atoms with van der Waals surface area (Å²) in [7, 11) is -3.37. The van der Waals surface area contributed by atoms with E-state index in [1.165, 1.54) is 10.7 Å². The van der Waals surface area contributed by atoms with Gasteiger partial charge in [-0.15, -0.1) is 0 Å². The van der Waals surface area contributed by atoms with Gasteiger partial charge in [-0.05, 0) is 0 Å². The number of rotatable bonds is 5. The van der Waals surface area contributed by atoms with Crippen molar-refractivity contribution < 1.29 is 40.7 Å². The predicted molar refractivity (Wildman–Crippen MR) is 37.7 cm³/mol. The summed E-state index contributed by atoms with van der Waals surface area (Å²) in [6.07, 6.45) is 2.38. The van der Waals surface area contributed by atoms with Gasteiger partial charge in [-0.25, -0.2) is 0 Å². The Morgan fingerprint density at radius 1 is 1.62 bits per heavy atom. The Bertz CT molecular complexity index is 276. The van der Waals surface area contributed by atoms with Gasteiger partial charge in [0.05, 0.1) is 0 Å². The Labute approximate surface area is 85.0 Å². The molecule has 13 heavy (non-hydrogen) atoms. The molecule has 7 heteroatoms. The fraction of sp³-hybridized carbons (Fsp3) is 0. The maximum absolute atomic E-state index is 11.2. The SMILES string of the molecule is [CH-]=C/C=C(\[CH]=[Zn])C(=O)O[Si](=O)OF. The van der Waals surface area contributed by atoms with Crippen LogP contribution >= 0.6 is 0 Å². The summed E-state index contributed by atoms with van der Waals surface area (Å²) in [5, 5.41) is 0. The number of carbonyl (C=O) groups excluding carboxylic acids is 1. The Kier molecular flexibility index (Phi) is 6.26. The molecule has 0 N–H and O–H groups in total. The first-order valence-electron chi connectivity index (χ1n) is 3.08. The summed E-state index contributed by atoms with van der Waals surface area (Å²) in [5.41, 5.74) is 0.123. The molecule has 0 bridgehead atoms. The Morgan fingerprint density at radius 3 is 2.62 bits per heavy atom. The van der Waals surface area contributed by atoms with Gasteiger partial charge in [0.1, 0.15) is 0 Å². The van der Waals surface area contributed by atoms with Gasteiger partial charge in [-0.3, -0.25) is 0 Å². The summed E-state index contributed by atoms with van der Waals surface area (Å²) in [6, 6.07) is 0. The summed E-state index contributed by atoms with van der Waals surface area (Å²) in [4.78, 5) is 10.9. The van der Waals surface area contributed by atoms with E-state index in [0.717, 1.165) is 6.08 Å². The van der Waals surface area contributed by atoms with Crippen molar-refractivity contribution >= 4 is 19.7 Å². The number of carbonyl (C=O) groups is 1. The van der Waals surface area contributed by atoms with E-state index in [9.17, 15) is 13.8 Å². The number of halogens is 1. The van der Waals surface area contributed by atoms with E-state index in [4.69, 9.17) is 6.58 Å². The van der Waals surface area contributed by atoms with Gasteiger partial charge in [0.2, 0.25) is 0 Å². The van der Waals surface area contributed by atoms with Crippen LogP contribution in [0.3, 0.4) is 0 Å². The molecule has 0 atom stereocenters. The van der Waals surface area contributed by atoms with Crippen LogP contribution in [0, 0.1) is 6.58 Å². The molecule has 4 nitrogen and oxygen atoms in total. The van der Waals surface area contributed by atoms with Crippen LogP contribution < -0.4 is 0 Å². The molecule has 0 saturated carbocycles. The zero-order chi connectivity index (χ0) is 10.3. The van der Waals surface area contributed by atoms with Gasteiger partial charge >= 0.3 is 84.7 Å². The normalized spacial score (nSPS) is 10.2. The van der Waals surface area contributed by atoms with Gasteiger partial charge in [-0.2, -0.15) is 0 Å². The molecule has 66 valence electrons. The third-order valence-corrected chi connectivity index (χ3v) is 2.37. The molecule has 0 saturated heterocycles. The fourth-order valence-corrected chi connectivity index (χ4v) is 1.41. The average Bonchev–Trinajstić information content (AvgIpc) is 2.13. The Balaban J connectivity index is 4.39. The van der Waals surface area contributed by atoms with Crippen LogP contribution in [-0.4, -0.2) is 19.7 Å². The Hall–Kier alpha value is -0.810. The second-order valence-electron chi connectivity index (χ2n) is 1.74.